The van der Waals surface area contributed by atoms with Crippen molar-refractivity contribution < 1.29 is 18.4 Å². The minimum atomic E-state index is -0.727. The van der Waals surface area contributed by atoms with Gasteiger partial charge in [-0.25, -0.2) is 8.78 Å². The van der Waals surface area contributed by atoms with E-state index in [0.717, 1.165) is 23.8 Å². The smallest absolute Gasteiger partial charge is 0.255 e. The van der Waals surface area contributed by atoms with Crippen LogP contribution in [0.25, 0.3) is 0 Å². The van der Waals surface area contributed by atoms with Gasteiger partial charge in [0.2, 0.25) is 5.91 Å². The van der Waals surface area contributed by atoms with Gasteiger partial charge in [0.05, 0.1) is 6.42 Å². The number of aromatic nitrogens is 1. The van der Waals surface area contributed by atoms with Crippen molar-refractivity contribution in [1.82, 2.24) is 9.88 Å². The quantitative estimate of drug-likeness (QED) is 0.609. The molecular weight excluding hydrogens is 402 g/mol. The number of nitrogens with one attached hydrogen (secondary N) is 1. The largest absolute Gasteiger partial charge is 0.344 e. The van der Waals surface area contributed by atoms with Crippen molar-refractivity contribution >= 4 is 17.5 Å². The maximum atomic E-state index is 13.3. The van der Waals surface area contributed by atoms with E-state index in [1.165, 1.54) is 4.90 Å². The Hall–Kier alpha value is -3.65. The van der Waals surface area contributed by atoms with Crippen LogP contribution in [0.15, 0.2) is 67.0 Å². The number of hydrogen-bond acceptors (Lipinski definition) is 4. The number of hydrogen-bond donors (Lipinski definition) is 2. The zero-order valence-corrected chi connectivity index (χ0v) is 16.9. The fourth-order valence-corrected chi connectivity index (χ4v) is 3.05. The monoisotopic (exact) mass is 424 g/mol. The molecule has 0 aliphatic heterocycles. The number of halogens is 2. The number of rotatable bonds is 7. The first-order chi connectivity index (χ1) is 14.8. The molecule has 1 aromatic heterocycles. The van der Waals surface area contributed by atoms with Gasteiger partial charge in [-0.1, -0.05) is 12.1 Å². The third kappa shape index (κ3) is 6.16. The molecule has 8 heteroatoms. The fourth-order valence-electron chi connectivity index (χ4n) is 3.05. The van der Waals surface area contributed by atoms with Crippen molar-refractivity contribution in [3.8, 4) is 0 Å². The van der Waals surface area contributed by atoms with Crippen molar-refractivity contribution in [3.63, 3.8) is 0 Å². The van der Waals surface area contributed by atoms with Crippen molar-refractivity contribution in [2.45, 2.75) is 12.5 Å². The second-order valence-electron chi connectivity index (χ2n) is 7.15. The van der Waals surface area contributed by atoms with Crippen molar-refractivity contribution in [2.24, 2.45) is 5.73 Å². The van der Waals surface area contributed by atoms with E-state index in [2.05, 4.69) is 10.3 Å². The lowest BCUT2D eigenvalue weighted by molar-refractivity contribution is -0.129. The first-order valence-electron chi connectivity index (χ1n) is 9.57. The van der Waals surface area contributed by atoms with Crippen LogP contribution in [0.1, 0.15) is 27.5 Å². The minimum Gasteiger partial charge on any atom is -0.344 e. The average molecular weight is 424 g/mol. The Kier molecular flexibility index (Phi) is 7.04. The van der Waals surface area contributed by atoms with E-state index in [9.17, 15) is 18.4 Å². The Balaban J connectivity index is 1.57. The minimum absolute atomic E-state index is 0.133. The molecule has 0 fully saturated rings. The Morgan fingerprint density at radius 1 is 1.03 bits per heavy atom. The molecule has 0 saturated carbocycles. The van der Waals surface area contributed by atoms with Gasteiger partial charge in [-0.2, -0.15) is 0 Å². The molecule has 160 valence electrons. The highest BCUT2D eigenvalue weighted by Crippen LogP contribution is 2.16. The first kappa shape index (κ1) is 22.0. The summed E-state index contributed by atoms with van der Waals surface area (Å²) in [5, 5.41) is 2.77. The van der Waals surface area contributed by atoms with Crippen LogP contribution in [0.4, 0.5) is 14.5 Å². The lowest BCUT2D eigenvalue weighted by atomic mass is 10.0. The summed E-state index contributed by atoms with van der Waals surface area (Å²) in [6.45, 7) is 0.208. The number of nitrogens with zero attached hydrogens (tertiary/aromatic N) is 2. The van der Waals surface area contributed by atoms with E-state index in [0.29, 0.717) is 11.3 Å². The van der Waals surface area contributed by atoms with Crippen LogP contribution in [0.2, 0.25) is 0 Å². The van der Waals surface area contributed by atoms with Gasteiger partial charge < -0.3 is 16.0 Å². The fraction of sp³-hybridized carbons (Fsp3) is 0.174. The van der Waals surface area contributed by atoms with E-state index in [4.69, 9.17) is 5.73 Å². The van der Waals surface area contributed by atoms with Crippen LogP contribution in [0, 0.1) is 11.6 Å². The molecule has 0 aliphatic rings. The van der Waals surface area contributed by atoms with E-state index >= 15 is 0 Å². The molecule has 2 aromatic carbocycles. The molecule has 3 rings (SSSR count). The molecule has 0 aliphatic carbocycles. The number of pyridine rings is 1. The zero-order chi connectivity index (χ0) is 22.4. The predicted octanol–water partition coefficient (Wildman–Crippen LogP) is 3.31. The average Bonchev–Trinajstić information content (AvgIpc) is 2.73. The van der Waals surface area contributed by atoms with Crippen molar-refractivity contribution in [1.29, 1.82) is 0 Å². The molecule has 2 amide bonds. The summed E-state index contributed by atoms with van der Waals surface area (Å²) in [5.41, 5.74) is 8.31. The summed E-state index contributed by atoms with van der Waals surface area (Å²) in [4.78, 5) is 30.0. The summed E-state index contributed by atoms with van der Waals surface area (Å²) < 4.78 is 26.6. The summed E-state index contributed by atoms with van der Waals surface area (Å²) in [6.07, 6.45) is 3.03. The van der Waals surface area contributed by atoms with Gasteiger partial charge in [-0.05, 0) is 47.5 Å². The van der Waals surface area contributed by atoms with Crippen LogP contribution < -0.4 is 11.1 Å². The van der Waals surface area contributed by atoms with Crippen LogP contribution in [0.3, 0.4) is 0 Å². The molecule has 1 heterocycles. The SMILES string of the molecule is CN(CC(N)c1ccc(C(=O)Nc2ccncc2)cc1)C(=O)Cc1cc(F)cc(F)c1. The van der Waals surface area contributed by atoms with Crippen LogP contribution >= 0.6 is 0 Å². The molecule has 0 radical (unpaired) electrons. The molecule has 1 atom stereocenters. The molecular formula is C23H22F2N4O2. The number of amides is 2. The Morgan fingerprint density at radius 2 is 1.65 bits per heavy atom. The number of benzene rings is 2. The van der Waals surface area contributed by atoms with Crippen LogP contribution in [0.5, 0.6) is 0 Å². The molecule has 1 unspecified atom stereocenters. The number of anilines is 1. The topological polar surface area (TPSA) is 88.3 Å². The van der Waals surface area contributed by atoms with Gasteiger partial charge in [-0.3, -0.25) is 14.6 Å². The van der Waals surface area contributed by atoms with E-state index in [1.807, 2.05) is 0 Å². The molecule has 0 saturated heterocycles. The Labute approximate surface area is 178 Å². The Morgan fingerprint density at radius 3 is 2.26 bits per heavy atom. The normalized spacial score (nSPS) is 11.6. The van der Waals surface area contributed by atoms with E-state index in [-0.39, 0.29) is 30.3 Å². The molecule has 3 aromatic rings. The van der Waals surface area contributed by atoms with E-state index < -0.39 is 17.7 Å². The Bertz CT molecular complexity index is 1040. The zero-order valence-electron chi connectivity index (χ0n) is 16.9. The first-order valence-corrected chi connectivity index (χ1v) is 9.57. The molecule has 3 N–H and O–H groups in total. The van der Waals surface area contributed by atoms with Gasteiger partial charge in [0.1, 0.15) is 11.6 Å². The lowest BCUT2D eigenvalue weighted by Gasteiger charge is -2.22. The highest BCUT2D eigenvalue weighted by atomic mass is 19.1. The third-order valence-electron chi connectivity index (χ3n) is 4.71. The summed E-state index contributed by atoms with van der Waals surface area (Å²) >= 11 is 0. The second kappa shape index (κ2) is 9.90. The van der Waals surface area contributed by atoms with Crippen LogP contribution in [-0.4, -0.2) is 35.3 Å². The summed E-state index contributed by atoms with van der Waals surface area (Å²) in [7, 11) is 1.58. The molecule has 0 spiro atoms. The lowest BCUT2D eigenvalue weighted by Crippen LogP contribution is -2.35. The molecule has 6 nitrogen and oxygen atoms in total. The van der Waals surface area contributed by atoms with Gasteiger partial charge in [0, 0.05) is 49.3 Å². The van der Waals surface area contributed by atoms with Gasteiger partial charge in [0.25, 0.3) is 5.91 Å². The van der Waals surface area contributed by atoms with Gasteiger partial charge >= 0.3 is 0 Å². The highest BCUT2D eigenvalue weighted by Gasteiger charge is 2.16. The summed E-state index contributed by atoms with van der Waals surface area (Å²) in [5.74, 6) is -2.03. The maximum absolute atomic E-state index is 13.3. The maximum Gasteiger partial charge on any atom is 0.255 e. The van der Waals surface area contributed by atoms with Gasteiger partial charge in [-0.15, -0.1) is 0 Å². The number of nitrogens with two attached hydrogens (primary N) is 1. The predicted molar refractivity (Wildman–Crippen MR) is 113 cm³/mol. The van der Waals surface area contributed by atoms with Crippen molar-refractivity contribution in [2.75, 3.05) is 18.9 Å². The second-order valence-corrected chi connectivity index (χ2v) is 7.15. The number of carbonyl (C=O) groups excluding carboxylic acids is 2. The van der Waals surface area contributed by atoms with Crippen LogP contribution in [-0.2, 0) is 11.2 Å². The third-order valence-corrected chi connectivity index (χ3v) is 4.71. The highest BCUT2D eigenvalue weighted by molar-refractivity contribution is 6.04. The number of likely N-dealkylation sites (N-methyl/N-ethyl adjacent to an activating group) is 1. The van der Waals surface area contributed by atoms with E-state index in [1.54, 1.807) is 55.8 Å². The molecule has 31 heavy (non-hydrogen) atoms. The summed E-state index contributed by atoms with van der Waals surface area (Å²) in [6, 6.07) is 12.7. The standard InChI is InChI=1S/C23H22F2N4O2/c1-29(22(30)12-15-10-18(24)13-19(25)11-15)14-21(26)16-2-4-17(5-3-16)23(31)28-20-6-8-27-9-7-20/h2-11,13,21H,12,14,26H2,1H3,(H,27,28,31). The van der Waals surface area contributed by atoms with Crippen molar-refractivity contribution in [3.05, 3.63) is 95.3 Å². The molecule has 0 bridgehead atoms. The van der Waals surface area contributed by atoms with Gasteiger partial charge in [0.15, 0.2) is 0 Å². The number of carbonyl (C=O) groups is 2.